The van der Waals surface area contributed by atoms with Crippen molar-refractivity contribution in [2.45, 2.75) is 37.6 Å². The predicted molar refractivity (Wildman–Crippen MR) is 116 cm³/mol. The van der Waals surface area contributed by atoms with Crippen molar-refractivity contribution in [2.24, 2.45) is 0 Å². The third-order valence-corrected chi connectivity index (χ3v) is 5.87. The van der Waals surface area contributed by atoms with Crippen molar-refractivity contribution in [2.75, 3.05) is 18.5 Å². The van der Waals surface area contributed by atoms with Crippen molar-refractivity contribution in [1.29, 1.82) is 0 Å². The second kappa shape index (κ2) is 8.49. The number of aliphatic hydroxyl groups is 1. The summed E-state index contributed by atoms with van der Waals surface area (Å²) in [6.45, 7) is 1.92. The third-order valence-electron chi connectivity index (χ3n) is 5.87. The Kier molecular flexibility index (Phi) is 5.75. The van der Waals surface area contributed by atoms with Gasteiger partial charge in [0.2, 0.25) is 11.8 Å². The maximum absolute atomic E-state index is 13.3. The van der Waals surface area contributed by atoms with Gasteiger partial charge < -0.3 is 26.0 Å². The topological polar surface area (TPSA) is 111 Å². The highest BCUT2D eigenvalue weighted by Crippen LogP contribution is 2.39. The van der Waals surface area contributed by atoms with E-state index < -0.39 is 30.1 Å². The third kappa shape index (κ3) is 4.04. The normalized spacial score (nSPS) is 23.4. The molecular formula is C23H26N4O4. The van der Waals surface area contributed by atoms with Crippen LogP contribution < -0.4 is 20.9 Å². The molecule has 4 rings (SSSR count). The zero-order valence-corrected chi connectivity index (χ0v) is 17.5. The van der Waals surface area contributed by atoms with E-state index in [9.17, 15) is 19.5 Å². The molecule has 4 atom stereocenters. The van der Waals surface area contributed by atoms with Crippen molar-refractivity contribution in [3.8, 4) is 11.1 Å². The number of hydrogen-bond acceptors (Lipinski definition) is 5. The van der Waals surface area contributed by atoms with E-state index in [-0.39, 0.29) is 11.8 Å². The molecule has 0 radical (unpaired) electrons. The lowest BCUT2D eigenvalue weighted by molar-refractivity contribution is -0.131. The molecule has 0 spiro atoms. The molecule has 2 aromatic carbocycles. The molecule has 0 bridgehead atoms. The van der Waals surface area contributed by atoms with E-state index in [1.807, 2.05) is 48.5 Å². The van der Waals surface area contributed by atoms with Crippen LogP contribution in [-0.4, -0.2) is 54.6 Å². The second-order valence-corrected chi connectivity index (χ2v) is 8.02. The Labute approximate surface area is 180 Å². The minimum Gasteiger partial charge on any atom is -0.392 e. The van der Waals surface area contributed by atoms with E-state index in [0.717, 1.165) is 16.8 Å². The van der Waals surface area contributed by atoms with E-state index >= 15 is 0 Å². The Morgan fingerprint density at radius 2 is 1.81 bits per heavy atom. The quantitative estimate of drug-likeness (QED) is 0.580. The number of benzene rings is 2. The van der Waals surface area contributed by atoms with Gasteiger partial charge in [0.1, 0.15) is 12.1 Å². The van der Waals surface area contributed by atoms with Crippen LogP contribution in [0.15, 0.2) is 48.5 Å². The van der Waals surface area contributed by atoms with Crippen molar-refractivity contribution < 1.29 is 19.5 Å². The van der Waals surface area contributed by atoms with E-state index in [1.54, 1.807) is 18.9 Å². The number of aliphatic hydroxyl groups excluding tert-OH is 1. The molecule has 0 saturated carbocycles. The Hall–Kier alpha value is -3.23. The number of carbonyl (C=O) groups is 3. The van der Waals surface area contributed by atoms with Gasteiger partial charge in [-0.25, -0.2) is 0 Å². The number of para-hydroxylation sites is 1. The first-order valence-corrected chi connectivity index (χ1v) is 10.3. The van der Waals surface area contributed by atoms with Gasteiger partial charge in [0.05, 0.1) is 17.8 Å². The van der Waals surface area contributed by atoms with Crippen LogP contribution in [0, 0.1) is 0 Å². The van der Waals surface area contributed by atoms with Gasteiger partial charge in [0.15, 0.2) is 0 Å². The van der Waals surface area contributed by atoms with Crippen LogP contribution in [0.3, 0.4) is 0 Å². The minimum absolute atomic E-state index is 0.259. The highest BCUT2D eigenvalue weighted by Gasteiger charge is 2.35. The van der Waals surface area contributed by atoms with Gasteiger partial charge >= 0.3 is 0 Å². The fourth-order valence-corrected chi connectivity index (χ4v) is 4.14. The number of rotatable bonds is 4. The van der Waals surface area contributed by atoms with Crippen LogP contribution >= 0.6 is 0 Å². The van der Waals surface area contributed by atoms with Gasteiger partial charge in [-0.1, -0.05) is 42.5 Å². The van der Waals surface area contributed by atoms with Crippen LogP contribution in [-0.2, 0) is 14.4 Å². The van der Waals surface area contributed by atoms with Crippen LogP contribution in [0.2, 0.25) is 0 Å². The Balaban J connectivity index is 1.56. The molecule has 1 saturated heterocycles. The molecule has 0 aliphatic carbocycles. The van der Waals surface area contributed by atoms with Crippen LogP contribution in [0.1, 0.15) is 24.9 Å². The van der Waals surface area contributed by atoms with E-state index in [4.69, 9.17) is 0 Å². The number of fused-ring (bicyclic) bond motifs is 3. The van der Waals surface area contributed by atoms with Crippen LogP contribution in [0.5, 0.6) is 0 Å². The highest BCUT2D eigenvalue weighted by atomic mass is 16.3. The zero-order valence-electron chi connectivity index (χ0n) is 17.5. The molecule has 2 aromatic rings. The van der Waals surface area contributed by atoms with Gasteiger partial charge in [0, 0.05) is 19.2 Å². The molecule has 2 aliphatic rings. The van der Waals surface area contributed by atoms with Gasteiger partial charge in [0.25, 0.3) is 5.91 Å². The number of carbonyl (C=O) groups excluding carboxylic acids is 3. The molecule has 8 heteroatoms. The average molecular weight is 422 g/mol. The van der Waals surface area contributed by atoms with Gasteiger partial charge in [-0.15, -0.1) is 0 Å². The molecule has 31 heavy (non-hydrogen) atoms. The van der Waals surface area contributed by atoms with E-state index in [0.29, 0.717) is 18.5 Å². The summed E-state index contributed by atoms with van der Waals surface area (Å²) in [5, 5.41) is 18.0. The molecule has 4 N–H and O–H groups in total. The SMILES string of the molecule is C[C@H](NC(=O)[C@@H]1C[C@@H](O)CN1)C(=O)N[C@H]1C(=O)N(C)c2ccccc2-c2ccccc21. The summed E-state index contributed by atoms with van der Waals surface area (Å²) in [7, 11) is 1.69. The Bertz CT molecular complexity index is 1020. The maximum Gasteiger partial charge on any atom is 0.253 e. The molecule has 2 aliphatic heterocycles. The summed E-state index contributed by atoms with van der Waals surface area (Å²) in [6, 6.07) is 12.9. The molecule has 0 aromatic heterocycles. The van der Waals surface area contributed by atoms with Crippen molar-refractivity contribution in [1.82, 2.24) is 16.0 Å². The lowest BCUT2D eigenvalue weighted by Crippen LogP contribution is -2.52. The lowest BCUT2D eigenvalue weighted by Gasteiger charge is -2.25. The highest BCUT2D eigenvalue weighted by molar-refractivity contribution is 6.06. The molecule has 0 unspecified atom stereocenters. The number of anilines is 1. The van der Waals surface area contributed by atoms with Gasteiger partial charge in [-0.05, 0) is 30.5 Å². The Morgan fingerprint density at radius 3 is 2.52 bits per heavy atom. The molecule has 8 nitrogen and oxygen atoms in total. The Morgan fingerprint density at radius 1 is 1.13 bits per heavy atom. The summed E-state index contributed by atoms with van der Waals surface area (Å²) in [4.78, 5) is 40.1. The lowest BCUT2D eigenvalue weighted by atomic mass is 9.95. The maximum atomic E-state index is 13.3. The molecular weight excluding hydrogens is 396 g/mol. The number of amides is 3. The summed E-state index contributed by atoms with van der Waals surface area (Å²) < 4.78 is 0. The van der Waals surface area contributed by atoms with Crippen LogP contribution in [0.4, 0.5) is 5.69 Å². The summed E-state index contributed by atoms with van der Waals surface area (Å²) >= 11 is 0. The monoisotopic (exact) mass is 422 g/mol. The van der Waals surface area contributed by atoms with Gasteiger partial charge in [-0.3, -0.25) is 14.4 Å². The second-order valence-electron chi connectivity index (χ2n) is 8.02. The molecule has 3 amide bonds. The van der Waals surface area contributed by atoms with Crippen molar-refractivity contribution in [3.63, 3.8) is 0 Å². The van der Waals surface area contributed by atoms with Gasteiger partial charge in [-0.2, -0.15) is 0 Å². The van der Waals surface area contributed by atoms with E-state index in [2.05, 4.69) is 16.0 Å². The average Bonchev–Trinajstić information content (AvgIpc) is 3.19. The van der Waals surface area contributed by atoms with Crippen molar-refractivity contribution in [3.05, 3.63) is 54.1 Å². The predicted octanol–water partition coefficient (Wildman–Crippen LogP) is 0.715. The minimum atomic E-state index is -0.883. The zero-order chi connectivity index (χ0) is 22.1. The number of β-amino-alcohol motifs (C(OH)–C–C–N with tert-alkyl or cyclic N) is 1. The largest absolute Gasteiger partial charge is 0.392 e. The number of nitrogens with one attached hydrogen (secondary N) is 3. The first-order chi connectivity index (χ1) is 14.9. The molecule has 162 valence electrons. The van der Waals surface area contributed by atoms with Crippen LogP contribution in [0.25, 0.3) is 11.1 Å². The number of likely N-dealkylation sites (N-methyl/N-ethyl adjacent to an activating group) is 1. The fraction of sp³-hybridized carbons (Fsp3) is 0.348. The number of hydrogen-bond donors (Lipinski definition) is 4. The fourth-order valence-electron chi connectivity index (χ4n) is 4.14. The standard InChI is InChI=1S/C23H26N4O4/c1-13(25-22(30)18-11-14(28)12-24-18)21(29)26-20-17-9-4-3-7-15(17)16-8-5-6-10-19(16)27(2)23(20)31/h3-10,13-14,18,20,24,28H,11-12H2,1-2H3,(H,25,30)(H,26,29)/t13-,14+,18-,20+/m0/s1. The smallest absolute Gasteiger partial charge is 0.253 e. The summed E-state index contributed by atoms with van der Waals surface area (Å²) in [5.74, 6) is -1.07. The summed E-state index contributed by atoms with van der Waals surface area (Å²) in [5.41, 5.74) is 3.26. The first kappa shape index (κ1) is 21.0. The van der Waals surface area contributed by atoms with Crippen molar-refractivity contribution >= 4 is 23.4 Å². The first-order valence-electron chi connectivity index (χ1n) is 10.3. The number of nitrogens with zero attached hydrogens (tertiary/aromatic N) is 1. The summed E-state index contributed by atoms with van der Waals surface area (Å²) in [6.07, 6.45) is -0.269. The molecule has 1 fully saturated rings. The molecule has 2 heterocycles. The van der Waals surface area contributed by atoms with E-state index in [1.165, 1.54) is 0 Å².